The number of halogens is 1. The summed E-state index contributed by atoms with van der Waals surface area (Å²) in [5, 5.41) is 11.4. The third-order valence-corrected chi connectivity index (χ3v) is 4.09. The molecule has 1 aliphatic rings. The highest BCUT2D eigenvalue weighted by atomic mass is 19.1. The quantitative estimate of drug-likeness (QED) is 0.913. The highest BCUT2D eigenvalue weighted by molar-refractivity contribution is 5.77. The molecule has 1 aromatic carbocycles. The van der Waals surface area contributed by atoms with Crippen molar-refractivity contribution in [3.63, 3.8) is 0 Å². The smallest absolute Gasteiger partial charge is 0.258 e. The fourth-order valence-electron chi connectivity index (χ4n) is 2.86. The van der Waals surface area contributed by atoms with Crippen LogP contribution in [0.15, 0.2) is 24.3 Å². The second-order valence-electron chi connectivity index (χ2n) is 5.97. The van der Waals surface area contributed by atoms with E-state index in [0.29, 0.717) is 5.75 Å². The molecule has 1 aliphatic heterocycles. The molecule has 2 heterocycles. The van der Waals surface area contributed by atoms with Crippen molar-refractivity contribution in [2.24, 2.45) is 0 Å². The summed E-state index contributed by atoms with van der Waals surface area (Å²) in [7, 11) is 0. The van der Waals surface area contributed by atoms with E-state index >= 15 is 0 Å². The third-order valence-electron chi connectivity index (χ3n) is 4.09. The van der Waals surface area contributed by atoms with Gasteiger partial charge in [0.05, 0.1) is 6.04 Å². The van der Waals surface area contributed by atoms with Gasteiger partial charge in [0.2, 0.25) is 0 Å². The van der Waals surface area contributed by atoms with Crippen LogP contribution in [0.4, 0.5) is 4.39 Å². The Hall–Kier alpha value is -2.44. The van der Waals surface area contributed by atoms with Crippen molar-refractivity contribution < 1.29 is 13.9 Å². The highest BCUT2D eigenvalue weighted by Crippen LogP contribution is 2.18. The van der Waals surface area contributed by atoms with Crippen molar-refractivity contribution in [1.82, 2.24) is 20.1 Å². The zero-order valence-corrected chi connectivity index (χ0v) is 13.7. The predicted octanol–water partition coefficient (Wildman–Crippen LogP) is 2.40. The van der Waals surface area contributed by atoms with Crippen LogP contribution in [-0.4, -0.2) is 27.3 Å². The lowest BCUT2D eigenvalue weighted by molar-refractivity contribution is -0.123. The molecule has 24 heavy (non-hydrogen) atoms. The average molecular weight is 332 g/mol. The van der Waals surface area contributed by atoms with E-state index in [2.05, 4.69) is 20.1 Å². The van der Waals surface area contributed by atoms with Crippen LogP contribution in [0.2, 0.25) is 0 Å². The van der Waals surface area contributed by atoms with Crippen LogP contribution in [0.1, 0.15) is 43.9 Å². The Morgan fingerprint density at radius 2 is 2.08 bits per heavy atom. The van der Waals surface area contributed by atoms with E-state index in [0.717, 1.165) is 37.5 Å². The standard InChI is InChI=1S/C17H21FN4O2/c1-12(17-21-20-15-5-3-2-4-10-22(15)17)19-16(23)11-24-14-8-6-13(18)7-9-14/h6-9,12H,2-5,10-11H2,1H3,(H,19,23). The van der Waals surface area contributed by atoms with Crippen LogP contribution in [-0.2, 0) is 17.8 Å². The van der Waals surface area contributed by atoms with E-state index in [1.54, 1.807) is 0 Å². The average Bonchev–Trinajstić information content (AvgIpc) is 2.83. The monoisotopic (exact) mass is 332 g/mol. The Labute approximate surface area is 140 Å². The van der Waals surface area contributed by atoms with E-state index in [4.69, 9.17) is 4.74 Å². The maximum Gasteiger partial charge on any atom is 0.258 e. The van der Waals surface area contributed by atoms with Crippen molar-refractivity contribution in [2.45, 2.75) is 45.2 Å². The first kappa shape index (κ1) is 16.4. The Morgan fingerprint density at radius 1 is 1.29 bits per heavy atom. The van der Waals surface area contributed by atoms with E-state index < -0.39 is 0 Å². The Morgan fingerprint density at radius 3 is 2.88 bits per heavy atom. The van der Waals surface area contributed by atoms with Gasteiger partial charge in [-0.15, -0.1) is 10.2 Å². The minimum absolute atomic E-state index is 0.128. The van der Waals surface area contributed by atoms with Crippen molar-refractivity contribution >= 4 is 5.91 Å². The number of benzene rings is 1. The first-order chi connectivity index (χ1) is 11.6. The number of hydrogen-bond donors (Lipinski definition) is 1. The molecule has 1 aromatic heterocycles. The number of hydrogen-bond acceptors (Lipinski definition) is 4. The lowest BCUT2D eigenvalue weighted by Crippen LogP contribution is -2.32. The number of aromatic nitrogens is 3. The number of rotatable bonds is 5. The summed E-state index contributed by atoms with van der Waals surface area (Å²) in [6.45, 7) is 2.65. The van der Waals surface area contributed by atoms with Gasteiger partial charge in [0.1, 0.15) is 17.4 Å². The third kappa shape index (κ3) is 3.90. The summed E-state index contributed by atoms with van der Waals surface area (Å²) in [5.74, 6) is 1.63. The molecule has 2 aromatic rings. The molecule has 1 amide bonds. The van der Waals surface area contributed by atoms with Crippen molar-refractivity contribution in [3.8, 4) is 5.75 Å². The van der Waals surface area contributed by atoms with E-state index in [9.17, 15) is 9.18 Å². The van der Waals surface area contributed by atoms with Gasteiger partial charge >= 0.3 is 0 Å². The van der Waals surface area contributed by atoms with Crippen molar-refractivity contribution in [3.05, 3.63) is 41.7 Å². The van der Waals surface area contributed by atoms with Gasteiger partial charge in [0, 0.05) is 13.0 Å². The minimum atomic E-state index is -0.340. The number of amides is 1. The molecule has 0 fully saturated rings. The van der Waals surface area contributed by atoms with Crippen LogP contribution in [0.5, 0.6) is 5.75 Å². The molecule has 0 radical (unpaired) electrons. The molecule has 6 nitrogen and oxygen atoms in total. The molecule has 7 heteroatoms. The molecule has 1 unspecified atom stereocenters. The first-order valence-electron chi connectivity index (χ1n) is 8.23. The molecule has 1 atom stereocenters. The molecule has 128 valence electrons. The largest absolute Gasteiger partial charge is 0.484 e. The van der Waals surface area contributed by atoms with Gasteiger partial charge in [0.25, 0.3) is 5.91 Å². The number of nitrogens with one attached hydrogen (secondary N) is 1. The Kier molecular flexibility index (Phi) is 5.08. The number of fused-ring (bicyclic) bond motifs is 1. The van der Waals surface area contributed by atoms with Crippen LogP contribution in [0, 0.1) is 5.82 Å². The Bertz CT molecular complexity index is 699. The van der Waals surface area contributed by atoms with Gasteiger partial charge in [-0.2, -0.15) is 0 Å². The molecular weight excluding hydrogens is 311 g/mol. The van der Waals surface area contributed by atoms with Crippen LogP contribution in [0.3, 0.4) is 0 Å². The molecule has 3 rings (SSSR count). The molecule has 0 spiro atoms. The summed E-state index contributed by atoms with van der Waals surface area (Å²) in [5.41, 5.74) is 0. The number of nitrogens with zero attached hydrogens (tertiary/aromatic N) is 3. The fourth-order valence-corrected chi connectivity index (χ4v) is 2.86. The van der Waals surface area contributed by atoms with Gasteiger partial charge in [-0.1, -0.05) is 6.42 Å². The van der Waals surface area contributed by atoms with Gasteiger partial charge in [-0.05, 0) is 44.0 Å². The second kappa shape index (κ2) is 7.42. The molecule has 0 aliphatic carbocycles. The minimum Gasteiger partial charge on any atom is -0.484 e. The summed E-state index contributed by atoms with van der Waals surface area (Å²) in [6.07, 6.45) is 4.35. The van der Waals surface area contributed by atoms with E-state index in [-0.39, 0.29) is 24.4 Å². The fraction of sp³-hybridized carbons (Fsp3) is 0.471. The zero-order valence-electron chi connectivity index (χ0n) is 13.7. The number of carbonyl (C=O) groups is 1. The van der Waals surface area contributed by atoms with Gasteiger partial charge in [0.15, 0.2) is 12.4 Å². The van der Waals surface area contributed by atoms with Crippen molar-refractivity contribution in [2.75, 3.05) is 6.61 Å². The number of carbonyl (C=O) groups excluding carboxylic acids is 1. The Balaban J connectivity index is 1.56. The topological polar surface area (TPSA) is 69.0 Å². The van der Waals surface area contributed by atoms with Crippen LogP contribution < -0.4 is 10.1 Å². The van der Waals surface area contributed by atoms with Gasteiger partial charge in [-0.25, -0.2) is 4.39 Å². The lowest BCUT2D eigenvalue weighted by Gasteiger charge is -2.15. The van der Waals surface area contributed by atoms with E-state index in [1.165, 1.54) is 30.7 Å². The maximum absolute atomic E-state index is 12.8. The molecule has 0 saturated heterocycles. The van der Waals surface area contributed by atoms with Gasteiger partial charge < -0.3 is 14.6 Å². The SMILES string of the molecule is CC(NC(=O)COc1ccc(F)cc1)c1nnc2n1CCCCC2. The maximum atomic E-state index is 12.8. The normalized spacial score (nSPS) is 15.2. The molecule has 0 bridgehead atoms. The summed E-state index contributed by atoms with van der Waals surface area (Å²) in [6, 6.07) is 5.33. The molecular formula is C17H21FN4O2. The second-order valence-corrected chi connectivity index (χ2v) is 5.97. The predicted molar refractivity (Wildman–Crippen MR) is 86.0 cm³/mol. The molecule has 1 N–H and O–H groups in total. The summed E-state index contributed by atoms with van der Waals surface area (Å²) >= 11 is 0. The van der Waals surface area contributed by atoms with E-state index in [1.807, 2.05) is 6.92 Å². The number of ether oxygens (including phenoxy) is 1. The first-order valence-corrected chi connectivity index (χ1v) is 8.23. The molecule has 0 saturated carbocycles. The van der Waals surface area contributed by atoms with Crippen molar-refractivity contribution in [1.29, 1.82) is 0 Å². The summed E-state index contributed by atoms with van der Waals surface area (Å²) < 4.78 is 20.3. The summed E-state index contributed by atoms with van der Waals surface area (Å²) in [4.78, 5) is 12.1. The zero-order chi connectivity index (χ0) is 16.9. The lowest BCUT2D eigenvalue weighted by atomic mass is 10.2. The van der Waals surface area contributed by atoms with Crippen LogP contribution >= 0.6 is 0 Å². The van der Waals surface area contributed by atoms with Gasteiger partial charge in [-0.3, -0.25) is 4.79 Å². The number of aryl methyl sites for hydroxylation is 1. The highest BCUT2D eigenvalue weighted by Gasteiger charge is 2.20. The van der Waals surface area contributed by atoms with Crippen LogP contribution in [0.25, 0.3) is 0 Å².